The number of halogens is 1. The zero-order valence-corrected chi connectivity index (χ0v) is 34.9. The van der Waals surface area contributed by atoms with Crippen LogP contribution in [-0.4, -0.2) is 212 Å². The molecule has 17 atom stereocenters. The third-order valence-corrected chi connectivity index (χ3v) is 10.8. The van der Waals surface area contributed by atoms with Crippen molar-refractivity contribution in [2.24, 2.45) is 5.73 Å². The second-order valence-corrected chi connectivity index (χ2v) is 15.5. The summed E-state index contributed by atoms with van der Waals surface area (Å²) in [5.74, 6) is -5.50. The summed E-state index contributed by atoms with van der Waals surface area (Å²) in [7, 11) is 0. The van der Waals surface area contributed by atoms with Gasteiger partial charge in [0.1, 0.15) is 85.4 Å². The van der Waals surface area contributed by atoms with Gasteiger partial charge < -0.3 is 101 Å². The predicted molar refractivity (Wildman–Crippen MR) is 214 cm³/mol. The number of nitrogens with two attached hydrogens (primary N) is 1. The summed E-state index contributed by atoms with van der Waals surface area (Å²) in [6, 6.07) is 11.6. The Balaban J connectivity index is 1.30. The number of aliphatic hydroxyl groups excluding tert-OH is 9. The van der Waals surface area contributed by atoms with Crippen molar-refractivity contribution >= 4 is 17.8 Å². The number of aliphatic hydroxyl groups is 9. The molecule has 2 amide bonds. The largest absolute Gasteiger partial charge is 0.477 e. The average Bonchev–Trinajstić information content (AvgIpc) is 3.29. The van der Waals surface area contributed by atoms with E-state index < -0.39 is 154 Å². The Kier molecular flexibility index (Phi) is 18.8. The molecule has 364 valence electrons. The third-order valence-electron chi connectivity index (χ3n) is 10.8. The Morgan fingerprint density at radius 1 is 0.908 bits per heavy atom. The van der Waals surface area contributed by atoms with Crippen molar-refractivity contribution in [1.29, 1.82) is 0 Å². The summed E-state index contributed by atoms with van der Waals surface area (Å²) in [6.45, 7) is -2.90. The van der Waals surface area contributed by atoms with E-state index in [9.17, 15) is 69.8 Å². The number of carboxylic acid groups (broad SMARTS) is 1. The molecule has 65 heavy (non-hydrogen) atoms. The summed E-state index contributed by atoms with van der Waals surface area (Å²) >= 11 is 0. The number of carboxylic acids is 1. The number of hydrogen-bond donors (Lipinski definition) is 14. The monoisotopic (exact) mass is 932 g/mol. The first-order valence-corrected chi connectivity index (χ1v) is 20.5. The van der Waals surface area contributed by atoms with Crippen molar-refractivity contribution in [2.75, 3.05) is 39.6 Å². The molecular weight excluding hydrogens is 875 g/mol. The van der Waals surface area contributed by atoms with Crippen molar-refractivity contribution in [2.45, 2.75) is 117 Å². The number of ether oxygens (including phenoxy) is 7. The number of rotatable bonds is 21. The highest BCUT2D eigenvalue weighted by Gasteiger charge is 2.57. The van der Waals surface area contributed by atoms with E-state index in [0.717, 1.165) is 6.92 Å². The first-order valence-electron chi connectivity index (χ1n) is 20.5. The molecule has 0 radical (unpaired) electrons. The Bertz CT molecular complexity index is 1840. The van der Waals surface area contributed by atoms with E-state index in [1.807, 2.05) is 0 Å². The second-order valence-electron chi connectivity index (χ2n) is 15.5. The van der Waals surface area contributed by atoms with Crippen LogP contribution in [0.4, 0.5) is 4.39 Å². The highest BCUT2D eigenvalue weighted by Crippen LogP contribution is 2.36. The fraction of sp³-hybridized carbons (Fsp3) is 0.625. The maximum atomic E-state index is 13.5. The van der Waals surface area contributed by atoms with E-state index in [-0.39, 0.29) is 18.7 Å². The summed E-state index contributed by atoms with van der Waals surface area (Å²) in [5.41, 5.74) is 5.58. The topological polar surface area (TPSA) is 380 Å². The highest BCUT2D eigenvalue weighted by molar-refractivity contribution is 5.94. The number of alkyl halides is 1. The van der Waals surface area contributed by atoms with Gasteiger partial charge in [-0.05, 0) is 30.3 Å². The van der Waals surface area contributed by atoms with Crippen LogP contribution in [0.3, 0.4) is 0 Å². The Hall–Kier alpha value is -4.10. The lowest BCUT2D eigenvalue weighted by Crippen LogP contribution is -2.69. The molecule has 24 nitrogen and oxygen atoms in total. The number of benzene rings is 2. The highest BCUT2D eigenvalue weighted by atomic mass is 19.1. The number of aliphatic carboxylic acids is 1. The number of amides is 2. The van der Waals surface area contributed by atoms with Gasteiger partial charge in [-0.3, -0.25) is 14.9 Å². The molecule has 2 aromatic carbocycles. The van der Waals surface area contributed by atoms with E-state index >= 15 is 0 Å². The molecule has 0 aromatic heterocycles. The number of para-hydroxylation sites is 1. The summed E-state index contributed by atoms with van der Waals surface area (Å²) in [4.78, 5) is 38.0. The van der Waals surface area contributed by atoms with Gasteiger partial charge in [0.15, 0.2) is 12.6 Å². The van der Waals surface area contributed by atoms with Crippen LogP contribution in [-0.2, 0) is 38.0 Å². The van der Waals surface area contributed by atoms with E-state index in [0.29, 0.717) is 11.5 Å². The molecule has 2 aromatic rings. The van der Waals surface area contributed by atoms with E-state index in [2.05, 4.69) is 16.0 Å². The van der Waals surface area contributed by atoms with Crippen LogP contribution in [0.1, 0.15) is 23.7 Å². The van der Waals surface area contributed by atoms with Crippen LogP contribution in [0.2, 0.25) is 0 Å². The van der Waals surface area contributed by atoms with Crippen molar-refractivity contribution in [3.05, 3.63) is 60.2 Å². The van der Waals surface area contributed by atoms with Crippen LogP contribution >= 0.6 is 0 Å². The Morgan fingerprint density at radius 2 is 1.60 bits per heavy atom. The molecule has 0 saturated carbocycles. The zero-order chi connectivity index (χ0) is 47.6. The molecular formula is C40H57FN4O20. The van der Waals surface area contributed by atoms with Crippen molar-refractivity contribution in [3.63, 3.8) is 0 Å². The Labute approximate surface area is 370 Å². The molecule has 15 N–H and O–H groups in total. The van der Waals surface area contributed by atoms with Crippen LogP contribution in [0.15, 0.2) is 54.6 Å². The van der Waals surface area contributed by atoms with Crippen LogP contribution < -0.4 is 26.4 Å². The SMILES string of the molecule is CC(=O)NC1C(O)[C@H](O[C@@H]2OC(CO[C@]3(C(=O)O)CC(O)[C@@H](NC(O)CF)C([C@H](O)[C@H](O)CNC(=O)c4cccc(Oc5ccccc5)c4)O3)[C@H](O)C(O)C2O)C(CO)O[C@H]1OCCN. The number of hydrogen-bond acceptors (Lipinski definition) is 21. The summed E-state index contributed by atoms with van der Waals surface area (Å²) in [6.07, 6.45) is -27.3. The van der Waals surface area contributed by atoms with Crippen LogP contribution in [0, 0.1) is 0 Å². The standard InChI is InChI=1S/C40H57FN4O20/c1-18(47)44-28-31(53)34(24(16-46)62-37(28)59-11-10-42)64-38-33(55)32(54)30(52)25(63-38)17-60-40(39(57)58)13-22(48)27(45-26(50)14-41)35(65-40)29(51)23(49)15-43-36(56)19-6-5-9-21(12-19)61-20-7-3-2-4-8-20/h2-9,12,22-35,37-38,45-46,48-55H,10-11,13-17,42H2,1H3,(H,43,56)(H,44,47)(H,57,58)/t22?,23-,24?,25?,26?,27-,28?,29-,30+,31?,32?,33?,34-,35?,37-,38+,40-/m1/s1. The summed E-state index contributed by atoms with van der Waals surface area (Å²) in [5, 5.41) is 115. The lowest BCUT2D eigenvalue weighted by molar-refractivity contribution is -0.360. The van der Waals surface area contributed by atoms with Gasteiger partial charge >= 0.3 is 5.97 Å². The molecule has 9 unspecified atom stereocenters. The molecule has 0 bridgehead atoms. The van der Waals surface area contributed by atoms with E-state index in [1.54, 1.807) is 36.4 Å². The van der Waals surface area contributed by atoms with Gasteiger partial charge in [-0.15, -0.1) is 0 Å². The maximum absolute atomic E-state index is 13.5. The molecule has 3 heterocycles. The first-order chi connectivity index (χ1) is 30.9. The average molecular weight is 933 g/mol. The quantitative estimate of drug-likeness (QED) is 0.0521. The van der Waals surface area contributed by atoms with Gasteiger partial charge in [0, 0.05) is 32.0 Å². The molecule has 5 rings (SSSR count). The van der Waals surface area contributed by atoms with Gasteiger partial charge in [-0.1, -0.05) is 24.3 Å². The number of carbonyl (C=O) groups excluding carboxylic acids is 2. The van der Waals surface area contributed by atoms with Crippen LogP contribution in [0.5, 0.6) is 11.5 Å². The molecule has 3 fully saturated rings. The second kappa shape index (κ2) is 23.6. The van der Waals surface area contributed by atoms with E-state index in [4.69, 9.17) is 38.9 Å². The maximum Gasteiger partial charge on any atom is 0.364 e. The van der Waals surface area contributed by atoms with Gasteiger partial charge in [0.2, 0.25) is 5.91 Å². The molecule has 3 saturated heterocycles. The molecule has 3 aliphatic heterocycles. The fourth-order valence-electron chi connectivity index (χ4n) is 7.46. The predicted octanol–water partition coefficient (Wildman–Crippen LogP) is -5.13. The minimum absolute atomic E-state index is 0.0248. The minimum atomic E-state index is -2.98. The summed E-state index contributed by atoms with van der Waals surface area (Å²) < 4.78 is 53.2. The van der Waals surface area contributed by atoms with Gasteiger partial charge in [0.05, 0.1) is 38.1 Å². The van der Waals surface area contributed by atoms with Crippen molar-refractivity contribution in [3.8, 4) is 11.5 Å². The third kappa shape index (κ3) is 12.9. The lowest BCUT2D eigenvalue weighted by Gasteiger charge is -2.48. The minimum Gasteiger partial charge on any atom is -0.477 e. The fourth-order valence-corrected chi connectivity index (χ4v) is 7.46. The van der Waals surface area contributed by atoms with Crippen molar-refractivity contribution < 1.29 is 103 Å². The lowest BCUT2D eigenvalue weighted by atomic mass is 9.88. The molecule has 3 aliphatic rings. The van der Waals surface area contributed by atoms with Gasteiger partial charge in [0.25, 0.3) is 11.7 Å². The zero-order valence-electron chi connectivity index (χ0n) is 34.9. The smallest absolute Gasteiger partial charge is 0.364 e. The van der Waals surface area contributed by atoms with Gasteiger partial charge in [-0.25, -0.2) is 9.18 Å². The first kappa shape index (κ1) is 51.9. The number of nitrogens with one attached hydrogen (secondary N) is 3. The molecule has 25 heteroatoms. The van der Waals surface area contributed by atoms with Crippen molar-refractivity contribution in [1.82, 2.24) is 16.0 Å². The van der Waals surface area contributed by atoms with E-state index in [1.165, 1.54) is 18.2 Å². The number of carbonyl (C=O) groups is 3. The normalized spacial score (nSPS) is 34.2. The molecule has 0 aliphatic carbocycles. The van der Waals surface area contributed by atoms with Crippen LogP contribution in [0.25, 0.3) is 0 Å². The van der Waals surface area contributed by atoms with Gasteiger partial charge in [-0.2, -0.15) is 0 Å². The molecule has 0 spiro atoms. The Morgan fingerprint density at radius 3 is 2.25 bits per heavy atom.